The van der Waals surface area contributed by atoms with Gasteiger partial charge in [-0.15, -0.1) is 12.1 Å². The first-order chi connectivity index (χ1) is 5.29. The number of hydrogen-bond donors (Lipinski definition) is 0. The van der Waals surface area contributed by atoms with E-state index in [0.29, 0.717) is 5.92 Å². The average Bonchev–Trinajstić information content (AvgIpc) is 2.03. The van der Waals surface area contributed by atoms with Gasteiger partial charge in [-0.2, -0.15) is 18.2 Å². The van der Waals surface area contributed by atoms with E-state index in [4.69, 9.17) is 4.74 Å². The number of ether oxygens (including phenoxy) is 1. The van der Waals surface area contributed by atoms with Gasteiger partial charge in [0.1, 0.15) is 0 Å². The Bertz CT molecular complexity index is 201. The monoisotopic (exact) mass is 252 g/mol. The van der Waals surface area contributed by atoms with Gasteiger partial charge in [-0.25, -0.2) is 0 Å². The summed E-state index contributed by atoms with van der Waals surface area (Å²) >= 11 is 0. The SMILES string of the molecule is CC(C)COc1cc[c-]cc1.[Br-].[Mg+2]. The maximum atomic E-state index is 5.45. The van der Waals surface area contributed by atoms with Gasteiger partial charge < -0.3 is 21.7 Å². The van der Waals surface area contributed by atoms with Crippen molar-refractivity contribution in [2.75, 3.05) is 6.61 Å². The Balaban J connectivity index is 0. The Hall–Kier alpha value is 0.266. The number of benzene rings is 1. The van der Waals surface area contributed by atoms with Gasteiger partial charge >= 0.3 is 23.1 Å². The van der Waals surface area contributed by atoms with Crippen LogP contribution in [0.5, 0.6) is 5.75 Å². The minimum atomic E-state index is 0. The van der Waals surface area contributed by atoms with Gasteiger partial charge in [-0.05, 0) is 5.92 Å². The number of hydrogen-bond acceptors (Lipinski definition) is 1. The van der Waals surface area contributed by atoms with Gasteiger partial charge in [0, 0.05) is 5.75 Å². The maximum absolute atomic E-state index is 5.45. The van der Waals surface area contributed by atoms with Crippen molar-refractivity contribution in [2.24, 2.45) is 5.92 Å². The molecule has 0 aromatic heterocycles. The molecule has 0 N–H and O–H groups in total. The van der Waals surface area contributed by atoms with Crippen molar-refractivity contribution in [3.63, 3.8) is 0 Å². The molecule has 3 heteroatoms. The molecule has 1 aromatic rings. The van der Waals surface area contributed by atoms with E-state index in [1.54, 1.807) is 0 Å². The van der Waals surface area contributed by atoms with Crippen LogP contribution in [0.15, 0.2) is 24.3 Å². The molecule has 13 heavy (non-hydrogen) atoms. The van der Waals surface area contributed by atoms with Gasteiger partial charge in [0.25, 0.3) is 0 Å². The summed E-state index contributed by atoms with van der Waals surface area (Å²) in [6, 6.07) is 10.5. The zero-order valence-corrected chi connectivity index (χ0v) is 11.1. The molecule has 1 nitrogen and oxygen atoms in total. The molecular formula is C10H13BrMgO. The van der Waals surface area contributed by atoms with Crippen molar-refractivity contribution >= 4 is 23.1 Å². The van der Waals surface area contributed by atoms with E-state index in [2.05, 4.69) is 19.9 Å². The molecular weight excluding hydrogens is 240 g/mol. The normalized spacial score (nSPS) is 8.54. The maximum Gasteiger partial charge on any atom is 2.00 e. The summed E-state index contributed by atoms with van der Waals surface area (Å²) in [5, 5.41) is 0. The van der Waals surface area contributed by atoms with Gasteiger partial charge in [0.2, 0.25) is 0 Å². The summed E-state index contributed by atoms with van der Waals surface area (Å²) in [7, 11) is 0. The minimum absolute atomic E-state index is 0. The fourth-order valence-electron chi connectivity index (χ4n) is 0.731. The summed E-state index contributed by atoms with van der Waals surface area (Å²) in [5.74, 6) is 1.51. The third-order valence-electron chi connectivity index (χ3n) is 1.27. The van der Waals surface area contributed by atoms with Crippen LogP contribution in [0, 0.1) is 12.0 Å². The van der Waals surface area contributed by atoms with Crippen molar-refractivity contribution in [3.8, 4) is 5.75 Å². The van der Waals surface area contributed by atoms with E-state index in [1.165, 1.54) is 0 Å². The Morgan fingerprint density at radius 2 is 1.85 bits per heavy atom. The molecule has 0 saturated heterocycles. The van der Waals surface area contributed by atoms with Crippen molar-refractivity contribution in [1.29, 1.82) is 0 Å². The molecule has 0 bridgehead atoms. The van der Waals surface area contributed by atoms with E-state index in [1.807, 2.05) is 24.3 Å². The van der Waals surface area contributed by atoms with Gasteiger partial charge in [0.15, 0.2) is 0 Å². The molecule has 0 heterocycles. The van der Waals surface area contributed by atoms with Crippen LogP contribution in [0.3, 0.4) is 0 Å². The van der Waals surface area contributed by atoms with Crippen LogP contribution in [0.4, 0.5) is 0 Å². The Labute approximate surface area is 107 Å². The molecule has 0 aliphatic carbocycles. The fourth-order valence-corrected chi connectivity index (χ4v) is 0.731. The summed E-state index contributed by atoms with van der Waals surface area (Å²) in [6.45, 7) is 5.05. The number of rotatable bonds is 3. The first-order valence-corrected chi connectivity index (χ1v) is 3.88. The van der Waals surface area contributed by atoms with Gasteiger partial charge in [0.05, 0.1) is 6.61 Å². The van der Waals surface area contributed by atoms with E-state index in [9.17, 15) is 0 Å². The van der Waals surface area contributed by atoms with E-state index < -0.39 is 0 Å². The first-order valence-electron chi connectivity index (χ1n) is 3.88. The zero-order chi connectivity index (χ0) is 8.10. The van der Waals surface area contributed by atoms with Crippen molar-refractivity contribution in [1.82, 2.24) is 0 Å². The minimum Gasteiger partial charge on any atom is -1.00 e. The quantitative estimate of drug-likeness (QED) is 0.503. The third-order valence-corrected chi connectivity index (χ3v) is 1.27. The van der Waals surface area contributed by atoms with Crippen molar-refractivity contribution in [2.45, 2.75) is 13.8 Å². The van der Waals surface area contributed by atoms with Gasteiger partial charge in [-0.1, -0.05) is 13.8 Å². The molecule has 1 aromatic carbocycles. The smallest absolute Gasteiger partial charge is 1.00 e. The van der Waals surface area contributed by atoms with Crippen molar-refractivity contribution in [3.05, 3.63) is 30.3 Å². The van der Waals surface area contributed by atoms with Crippen LogP contribution in [-0.2, 0) is 0 Å². The van der Waals surface area contributed by atoms with E-state index >= 15 is 0 Å². The molecule has 0 unspecified atom stereocenters. The molecule has 0 amide bonds. The predicted octanol–water partition coefficient (Wildman–Crippen LogP) is -0.855. The van der Waals surface area contributed by atoms with Crippen LogP contribution in [-0.4, -0.2) is 29.7 Å². The molecule has 0 spiro atoms. The molecule has 0 aliphatic heterocycles. The van der Waals surface area contributed by atoms with Crippen LogP contribution in [0.2, 0.25) is 0 Å². The van der Waals surface area contributed by atoms with Crippen LogP contribution < -0.4 is 21.7 Å². The fraction of sp³-hybridized carbons (Fsp3) is 0.400. The third kappa shape index (κ3) is 7.35. The number of halogens is 1. The molecule has 1 rings (SSSR count). The second-order valence-electron chi connectivity index (χ2n) is 2.94. The molecule has 0 atom stereocenters. The second-order valence-corrected chi connectivity index (χ2v) is 2.94. The van der Waals surface area contributed by atoms with E-state index in [-0.39, 0.29) is 40.0 Å². The summed E-state index contributed by atoms with van der Waals surface area (Å²) in [5.41, 5.74) is 0. The van der Waals surface area contributed by atoms with Crippen LogP contribution >= 0.6 is 0 Å². The Morgan fingerprint density at radius 1 is 1.31 bits per heavy atom. The first kappa shape index (κ1) is 15.7. The van der Waals surface area contributed by atoms with Crippen LogP contribution in [0.25, 0.3) is 0 Å². The zero-order valence-electron chi connectivity index (χ0n) is 8.09. The standard InChI is InChI=1S/C10H13O.BrH.Mg/c1-9(2)8-11-10-6-4-3-5-7-10;;/h4-7,9H,8H2,1-2H3;1H;/q-1;;+2/p-1. The summed E-state index contributed by atoms with van der Waals surface area (Å²) in [6.07, 6.45) is 0. The van der Waals surface area contributed by atoms with Crippen LogP contribution in [0.1, 0.15) is 13.8 Å². The predicted molar refractivity (Wildman–Crippen MR) is 51.4 cm³/mol. The molecule has 68 valence electrons. The Kier molecular flexibility index (Phi) is 10.7. The molecule has 0 saturated carbocycles. The topological polar surface area (TPSA) is 9.23 Å². The van der Waals surface area contributed by atoms with Crippen molar-refractivity contribution < 1.29 is 21.7 Å². The average molecular weight is 253 g/mol. The molecule has 0 fully saturated rings. The van der Waals surface area contributed by atoms with E-state index in [0.717, 1.165) is 12.4 Å². The largest absolute Gasteiger partial charge is 2.00 e. The van der Waals surface area contributed by atoms with Gasteiger partial charge in [-0.3, -0.25) is 0 Å². The molecule has 0 aliphatic rings. The summed E-state index contributed by atoms with van der Waals surface area (Å²) < 4.78 is 5.45. The molecule has 0 radical (unpaired) electrons. The summed E-state index contributed by atoms with van der Waals surface area (Å²) in [4.78, 5) is 0. The second kappa shape index (κ2) is 8.85. The Morgan fingerprint density at radius 3 is 2.31 bits per heavy atom.